The van der Waals surface area contributed by atoms with Gasteiger partial charge in [-0.3, -0.25) is 0 Å². The lowest BCUT2D eigenvalue weighted by Gasteiger charge is -2.33. The molecule has 0 saturated heterocycles. The summed E-state index contributed by atoms with van der Waals surface area (Å²) in [4.78, 5) is 0. The van der Waals surface area contributed by atoms with Gasteiger partial charge >= 0.3 is 0 Å². The zero-order valence-electron chi connectivity index (χ0n) is 46.0. The third-order valence-electron chi connectivity index (χ3n) is 13.0. The first-order valence-electron chi connectivity index (χ1n) is 29.6. The second-order valence-corrected chi connectivity index (χ2v) is 19.7. The van der Waals surface area contributed by atoms with E-state index in [9.17, 15) is 0 Å². The minimum atomic E-state index is -1.11. The molecular weight excluding hydrogens is 841 g/mol. The highest BCUT2D eigenvalue weighted by Gasteiger charge is 2.34. The number of rotatable bonds is 60. The fourth-order valence-corrected chi connectivity index (χ4v) is 8.56. The molecule has 0 fully saturated rings. The summed E-state index contributed by atoms with van der Waals surface area (Å²) in [6.07, 6.45) is 50.5. The Bertz CT molecular complexity index is 793. The van der Waals surface area contributed by atoms with Gasteiger partial charge in [0, 0.05) is 12.8 Å². The molecule has 0 heterocycles. The Morgan fingerprint density at radius 3 is 0.627 bits per heavy atom. The predicted molar refractivity (Wildman–Crippen MR) is 282 cm³/mol. The molecule has 0 amide bonds. The van der Waals surface area contributed by atoms with Gasteiger partial charge in [0.15, 0.2) is 27.2 Å². The van der Waals surface area contributed by atoms with E-state index < -0.39 is 11.9 Å². The molecule has 0 aromatic carbocycles. The van der Waals surface area contributed by atoms with Crippen molar-refractivity contribution in [3.63, 3.8) is 0 Å². The van der Waals surface area contributed by atoms with E-state index in [1.54, 1.807) is 0 Å². The summed E-state index contributed by atoms with van der Waals surface area (Å²) in [5.41, 5.74) is 0. The third kappa shape index (κ3) is 46.5. The van der Waals surface area contributed by atoms with E-state index >= 15 is 0 Å². The normalized spacial score (nSPS) is 12.3. The standard InChI is InChI=1S/C58H118O9/c1-7-13-19-25-29-33-37-43-49-62-57(47-41-23-17-11-5,63-50-44-38-34-30-26-20-14-8-2)66-55-60-53-59-54-61-56-67-58(48-42-24-18-12-6,64-51-45-39-35-31-27-21-15-9-3)65-52-46-40-36-32-28-22-16-10-4/h7-56H2,1-6H3. The van der Waals surface area contributed by atoms with Gasteiger partial charge in [0.25, 0.3) is 11.9 Å². The van der Waals surface area contributed by atoms with Gasteiger partial charge in [-0.05, 0) is 38.5 Å². The number of hydrogen-bond donors (Lipinski definition) is 0. The maximum Gasteiger partial charge on any atom is 0.284 e. The summed E-state index contributed by atoms with van der Waals surface area (Å²) in [5, 5.41) is 0. The van der Waals surface area contributed by atoms with Crippen LogP contribution < -0.4 is 0 Å². The highest BCUT2D eigenvalue weighted by Crippen LogP contribution is 2.28. The van der Waals surface area contributed by atoms with E-state index in [1.807, 2.05) is 0 Å². The summed E-state index contributed by atoms with van der Waals surface area (Å²) in [5.74, 6) is -2.21. The molecule has 67 heavy (non-hydrogen) atoms. The Hall–Kier alpha value is -0.360. The fourth-order valence-electron chi connectivity index (χ4n) is 8.56. The first-order chi connectivity index (χ1) is 33.1. The molecule has 0 aromatic rings. The van der Waals surface area contributed by atoms with Crippen LogP contribution in [-0.4, -0.2) is 65.5 Å². The minimum Gasteiger partial charge on any atom is -0.329 e. The third-order valence-corrected chi connectivity index (χ3v) is 13.0. The van der Waals surface area contributed by atoms with Crippen molar-refractivity contribution in [2.24, 2.45) is 0 Å². The van der Waals surface area contributed by atoms with Crippen LogP contribution in [0.1, 0.15) is 311 Å². The summed E-state index contributed by atoms with van der Waals surface area (Å²) in [6, 6.07) is 0. The van der Waals surface area contributed by atoms with Gasteiger partial charge in [-0.1, -0.05) is 260 Å². The van der Waals surface area contributed by atoms with Crippen LogP contribution in [0.5, 0.6) is 0 Å². The van der Waals surface area contributed by atoms with Crippen molar-refractivity contribution < 1.29 is 42.6 Å². The number of unbranched alkanes of at least 4 members (excludes halogenated alkanes) is 34. The number of hydrogen-bond acceptors (Lipinski definition) is 9. The molecule has 0 aromatic heterocycles. The van der Waals surface area contributed by atoms with Crippen molar-refractivity contribution in [3.05, 3.63) is 0 Å². The lowest BCUT2D eigenvalue weighted by atomic mass is 10.1. The van der Waals surface area contributed by atoms with E-state index in [2.05, 4.69) is 41.5 Å². The topological polar surface area (TPSA) is 83.1 Å². The molecule has 0 aliphatic rings. The highest BCUT2D eigenvalue weighted by molar-refractivity contribution is 4.63. The molecule has 0 N–H and O–H groups in total. The van der Waals surface area contributed by atoms with Crippen LogP contribution in [0.15, 0.2) is 0 Å². The Morgan fingerprint density at radius 1 is 0.194 bits per heavy atom. The Morgan fingerprint density at radius 2 is 0.388 bits per heavy atom. The Balaban J connectivity index is 5.31. The first-order valence-corrected chi connectivity index (χ1v) is 29.6. The van der Waals surface area contributed by atoms with Crippen LogP contribution in [0.4, 0.5) is 0 Å². The maximum atomic E-state index is 6.56. The average molecular weight is 960 g/mol. The first kappa shape index (κ1) is 66.6. The Kier molecular flexibility index (Phi) is 54.7. The van der Waals surface area contributed by atoms with Gasteiger partial charge in [-0.15, -0.1) is 0 Å². The lowest BCUT2D eigenvalue weighted by Crippen LogP contribution is -2.41. The summed E-state index contributed by atoms with van der Waals surface area (Å²) >= 11 is 0. The number of ether oxygens (including phenoxy) is 9. The lowest BCUT2D eigenvalue weighted by molar-refractivity contribution is -0.408. The zero-order valence-corrected chi connectivity index (χ0v) is 46.0. The summed E-state index contributed by atoms with van der Waals surface area (Å²) in [7, 11) is 0. The molecule has 404 valence electrons. The minimum absolute atomic E-state index is 0.0131. The van der Waals surface area contributed by atoms with Crippen molar-refractivity contribution in [1.29, 1.82) is 0 Å². The molecule has 0 bridgehead atoms. The van der Waals surface area contributed by atoms with Crippen molar-refractivity contribution in [2.45, 2.75) is 323 Å². The highest BCUT2D eigenvalue weighted by atomic mass is 16.9. The quantitative estimate of drug-likeness (QED) is 0.0437. The Labute approximate surface area is 418 Å². The van der Waals surface area contributed by atoms with Gasteiger partial charge in [0.2, 0.25) is 0 Å². The maximum absolute atomic E-state index is 6.56. The summed E-state index contributed by atoms with van der Waals surface area (Å²) in [6.45, 7) is 16.1. The molecule has 0 radical (unpaired) electrons. The predicted octanol–water partition coefficient (Wildman–Crippen LogP) is 18.8. The molecule has 0 unspecified atom stereocenters. The second kappa shape index (κ2) is 55.0. The summed E-state index contributed by atoms with van der Waals surface area (Å²) < 4.78 is 56.6. The smallest absolute Gasteiger partial charge is 0.284 e. The van der Waals surface area contributed by atoms with Gasteiger partial charge in [-0.2, -0.15) is 0 Å². The largest absolute Gasteiger partial charge is 0.329 e. The van der Waals surface area contributed by atoms with Crippen molar-refractivity contribution >= 4 is 0 Å². The van der Waals surface area contributed by atoms with E-state index in [4.69, 9.17) is 42.6 Å². The van der Waals surface area contributed by atoms with E-state index in [0.717, 1.165) is 51.4 Å². The second-order valence-electron chi connectivity index (χ2n) is 19.7. The molecule has 0 atom stereocenters. The van der Waals surface area contributed by atoms with Crippen molar-refractivity contribution in [3.8, 4) is 0 Å². The molecule has 0 aliphatic heterocycles. The zero-order chi connectivity index (χ0) is 48.7. The van der Waals surface area contributed by atoms with Gasteiger partial charge in [-0.25, -0.2) is 0 Å². The molecular formula is C58H118O9. The van der Waals surface area contributed by atoms with Crippen LogP contribution in [-0.2, 0) is 42.6 Å². The van der Waals surface area contributed by atoms with E-state index in [1.165, 1.54) is 205 Å². The van der Waals surface area contributed by atoms with Crippen LogP contribution in [0.2, 0.25) is 0 Å². The van der Waals surface area contributed by atoms with Crippen LogP contribution >= 0.6 is 0 Å². The molecule has 0 spiro atoms. The van der Waals surface area contributed by atoms with Crippen molar-refractivity contribution in [2.75, 3.05) is 53.6 Å². The van der Waals surface area contributed by atoms with Crippen LogP contribution in [0.25, 0.3) is 0 Å². The molecule has 9 heteroatoms. The van der Waals surface area contributed by atoms with Gasteiger partial charge < -0.3 is 42.6 Å². The van der Waals surface area contributed by atoms with E-state index in [0.29, 0.717) is 39.3 Å². The monoisotopic (exact) mass is 959 g/mol. The van der Waals surface area contributed by atoms with E-state index in [-0.39, 0.29) is 27.2 Å². The van der Waals surface area contributed by atoms with Crippen LogP contribution in [0, 0.1) is 0 Å². The van der Waals surface area contributed by atoms with Crippen molar-refractivity contribution in [1.82, 2.24) is 0 Å². The molecule has 0 rings (SSSR count). The van der Waals surface area contributed by atoms with Gasteiger partial charge in [0.1, 0.15) is 0 Å². The van der Waals surface area contributed by atoms with Crippen LogP contribution in [0.3, 0.4) is 0 Å². The fraction of sp³-hybridized carbons (Fsp3) is 1.00. The molecule has 9 nitrogen and oxygen atoms in total. The average Bonchev–Trinajstić information content (AvgIpc) is 3.34. The molecule has 0 saturated carbocycles. The SMILES string of the molecule is CCCCCCCCCCOC(CCCCCC)(OCCCCCCCCCC)OCOCOCOCOC(CCCCCC)(OCCCCCCCCCC)OCCCCCCCCCC. The van der Waals surface area contributed by atoms with Gasteiger partial charge in [0.05, 0.1) is 26.4 Å². The molecule has 0 aliphatic carbocycles.